The third-order valence-corrected chi connectivity index (χ3v) is 6.66. The van der Waals surface area contributed by atoms with E-state index in [0.29, 0.717) is 29.0 Å². The molecule has 1 amide bonds. The third kappa shape index (κ3) is 5.98. The summed E-state index contributed by atoms with van der Waals surface area (Å²) in [7, 11) is 0. The summed E-state index contributed by atoms with van der Waals surface area (Å²) in [5.74, 6) is 0.853. The quantitative estimate of drug-likeness (QED) is 0.283. The highest BCUT2D eigenvalue weighted by molar-refractivity contribution is 7.99. The molecule has 1 aromatic heterocycles. The second kappa shape index (κ2) is 11.2. The minimum absolute atomic E-state index is 0.150. The lowest BCUT2D eigenvalue weighted by molar-refractivity contribution is -0.113. The predicted molar refractivity (Wildman–Crippen MR) is 140 cm³/mol. The molecule has 4 rings (SSSR count). The molecule has 6 nitrogen and oxygen atoms in total. The van der Waals surface area contributed by atoms with Crippen molar-refractivity contribution < 1.29 is 4.79 Å². The molecule has 0 saturated carbocycles. The number of hydrogen-bond acceptors (Lipinski definition) is 5. The Morgan fingerprint density at radius 3 is 2.38 bits per heavy atom. The molecule has 0 fully saturated rings. The Bertz CT molecular complexity index is 1260. The van der Waals surface area contributed by atoms with Crippen LogP contribution >= 0.6 is 23.4 Å². The average Bonchev–Trinajstić information content (AvgIpc) is 3.21. The Labute approximate surface area is 208 Å². The molecule has 1 heterocycles. The molecule has 3 aromatic carbocycles. The summed E-state index contributed by atoms with van der Waals surface area (Å²) < 4.78 is 2.06. The van der Waals surface area contributed by atoms with Gasteiger partial charge >= 0.3 is 0 Å². The molecule has 0 spiro atoms. The van der Waals surface area contributed by atoms with Crippen molar-refractivity contribution in [2.45, 2.75) is 32.1 Å². The van der Waals surface area contributed by atoms with Crippen molar-refractivity contribution in [2.24, 2.45) is 0 Å². The van der Waals surface area contributed by atoms with Crippen LogP contribution in [0.15, 0.2) is 78.0 Å². The first kappa shape index (κ1) is 23.9. The summed E-state index contributed by atoms with van der Waals surface area (Å²) in [6.45, 7) is 5.32. The van der Waals surface area contributed by atoms with Gasteiger partial charge in [0.25, 0.3) is 0 Å². The van der Waals surface area contributed by atoms with Gasteiger partial charge in [0.1, 0.15) is 0 Å². The van der Waals surface area contributed by atoms with Gasteiger partial charge in [0, 0.05) is 5.69 Å². The second-order valence-electron chi connectivity index (χ2n) is 7.91. The standard InChI is InChI=1S/C26H26ClN5OS/c1-18-9-8-10-19(2)25(18)28-15-23-30-31-26(32(23)16-20-11-4-3-5-12-20)34-17-24(33)29-22-14-7-6-13-21(22)27/h3-14,28H,15-17H2,1-2H3,(H,29,33). The van der Waals surface area contributed by atoms with Crippen molar-refractivity contribution in [3.05, 3.63) is 100 Å². The number of amides is 1. The van der Waals surface area contributed by atoms with Crippen LogP contribution in [-0.2, 0) is 17.9 Å². The van der Waals surface area contributed by atoms with Crippen LogP contribution in [0.4, 0.5) is 11.4 Å². The molecular weight excluding hydrogens is 466 g/mol. The molecule has 0 aliphatic carbocycles. The molecule has 8 heteroatoms. The van der Waals surface area contributed by atoms with E-state index < -0.39 is 0 Å². The monoisotopic (exact) mass is 491 g/mol. The van der Waals surface area contributed by atoms with Crippen molar-refractivity contribution in [1.29, 1.82) is 0 Å². The number of hydrogen-bond donors (Lipinski definition) is 2. The molecule has 0 atom stereocenters. The minimum atomic E-state index is -0.150. The number of halogens is 1. The molecular formula is C26H26ClN5OS. The first-order chi connectivity index (χ1) is 16.5. The number of aryl methyl sites for hydroxylation is 2. The van der Waals surface area contributed by atoms with Crippen molar-refractivity contribution >= 4 is 40.6 Å². The molecule has 0 aliphatic rings. The van der Waals surface area contributed by atoms with Crippen molar-refractivity contribution in [3.8, 4) is 0 Å². The molecule has 0 aliphatic heterocycles. The summed E-state index contributed by atoms with van der Waals surface area (Å²) in [6, 6.07) is 23.6. The van der Waals surface area contributed by atoms with Crippen LogP contribution in [0.3, 0.4) is 0 Å². The fraction of sp³-hybridized carbons (Fsp3) is 0.192. The zero-order chi connectivity index (χ0) is 23.9. The number of carbonyl (C=O) groups excluding carboxylic acids is 1. The summed E-state index contributed by atoms with van der Waals surface area (Å²) >= 11 is 7.51. The molecule has 0 bridgehead atoms. The number of thioether (sulfide) groups is 1. The van der Waals surface area contributed by atoms with E-state index >= 15 is 0 Å². The first-order valence-corrected chi connectivity index (χ1v) is 12.3. The van der Waals surface area contributed by atoms with Gasteiger partial charge in [-0.25, -0.2) is 0 Å². The van der Waals surface area contributed by atoms with Crippen LogP contribution in [0, 0.1) is 13.8 Å². The molecule has 174 valence electrons. The van der Waals surface area contributed by atoms with Gasteiger partial charge in [-0.3, -0.25) is 4.79 Å². The van der Waals surface area contributed by atoms with Crippen LogP contribution in [0.5, 0.6) is 0 Å². The maximum atomic E-state index is 12.5. The van der Waals surface area contributed by atoms with E-state index in [2.05, 4.69) is 69.6 Å². The van der Waals surface area contributed by atoms with Gasteiger partial charge < -0.3 is 15.2 Å². The van der Waals surface area contributed by atoms with Crippen molar-refractivity contribution in [3.63, 3.8) is 0 Å². The SMILES string of the molecule is Cc1cccc(C)c1NCc1nnc(SCC(=O)Nc2ccccc2Cl)n1Cc1ccccc1. The number of para-hydroxylation sites is 2. The third-order valence-electron chi connectivity index (χ3n) is 5.36. The smallest absolute Gasteiger partial charge is 0.234 e. The van der Waals surface area contributed by atoms with E-state index in [1.54, 1.807) is 12.1 Å². The number of benzene rings is 3. The van der Waals surface area contributed by atoms with Gasteiger partial charge in [-0.2, -0.15) is 0 Å². The van der Waals surface area contributed by atoms with E-state index in [1.807, 2.05) is 30.3 Å². The summed E-state index contributed by atoms with van der Waals surface area (Å²) in [5, 5.41) is 16.4. The fourth-order valence-corrected chi connectivity index (χ4v) is 4.56. The van der Waals surface area contributed by atoms with E-state index in [9.17, 15) is 4.79 Å². The van der Waals surface area contributed by atoms with E-state index in [1.165, 1.54) is 22.9 Å². The van der Waals surface area contributed by atoms with Gasteiger partial charge in [-0.1, -0.05) is 84.0 Å². The maximum absolute atomic E-state index is 12.5. The Morgan fingerprint density at radius 1 is 0.941 bits per heavy atom. The number of rotatable bonds is 9. The maximum Gasteiger partial charge on any atom is 0.234 e. The number of aromatic nitrogens is 3. The van der Waals surface area contributed by atoms with Gasteiger partial charge in [0.2, 0.25) is 5.91 Å². The fourth-order valence-electron chi connectivity index (χ4n) is 3.62. The van der Waals surface area contributed by atoms with Gasteiger partial charge in [-0.05, 0) is 42.7 Å². The molecule has 2 N–H and O–H groups in total. The van der Waals surface area contributed by atoms with E-state index in [4.69, 9.17) is 11.6 Å². The molecule has 34 heavy (non-hydrogen) atoms. The van der Waals surface area contributed by atoms with Gasteiger partial charge in [0.15, 0.2) is 11.0 Å². The van der Waals surface area contributed by atoms with Crippen LogP contribution in [0.1, 0.15) is 22.5 Å². The summed E-state index contributed by atoms with van der Waals surface area (Å²) in [5.41, 5.74) is 5.20. The number of carbonyl (C=O) groups is 1. The summed E-state index contributed by atoms with van der Waals surface area (Å²) in [6.07, 6.45) is 0. The lowest BCUT2D eigenvalue weighted by Gasteiger charge is -2.14. The Hall–Kier alpha value is -3.29. The predicted octanol–water partition coefficient (Wildman–Crippen LogP) is 5.94. The lowest BCUT2D eigenvalue weighted by Crippen LogP contribution is -2.15. The van der Waals surface area contributed by atoms with Crippen LogP contribution < -0.4 is 10.6 Å². The van der Waals surface area contributed by atoms with Crippen LogP contribution in [0.2, 0.25) is 5.02 Å². The van der Waals surface area contributed by atoms with Crippen molar-refractivity contribution in [1.82, 2.24) is 14.8 Å². The number of nitrogens with zero attached hydrogens (tertiary/aromatic N) is 3. The highest BCUT2D eigenvalue weighted by atomic mass is 35.5. The highest BCUT2D eigenvalue weighted by Gasteiger charge is 2.16. The first-order valence-electron chi connectivity index (χ1n) is 10.9. The molecule has 4 aromatic rings. The average molecular weight is 492 g/mol. The van der Waals surface area contributed by atoms with Crippen molar-refractivity contribution in [2.75, 3.05) is 16.4 Å². The van der Waals surface area contributed by atoms with Gasteiger partial charge in [0.05, 0.1) is 29.6 Å². The zero-order valence-corrected chi connectivity index (χ0v) is 20.7. The second-order valence-corrected chi connectivity index (χ2v) is 9.26. The lowest BCUT2D eigenvalue weighted by atomic mass is 10.1. The van der Waals surface area contributed by atoms with Gasteiger partial charge in [-0.15, -0.1) is 10.2 Å². The van der Waals surface area contributed by atoms with E-state index in [-0.39, 0.29) is 11.7 Å². The van der Waals surface area contributed by atoms with Crippen LogP contribution in [0.25, 0.3) is 0 Å². The van der Waals surface area contributed by atoms with Crippen LogP contribution in [-0.4, -0.2) is 26.4 Å². The molecule has 0 unspecified atom stereocenters. The Kier molecular flexibility index (Phi) is 7.87. The molecule has 0 saturated heterocycles. The normalized spacial score (nSPS) is 10.8. The number of anilines is 2. The topological polar surface area (TPSA) is 71.8 Å². The highest BCUT2D eigenvalue weighted by Crippen LogP contribution is 2.24. The van der Waals surface area contributed by atoms with E-state index in [0.717, 1.165) is 17.1 Å². The minimum Gasteiger partial charge on any atom is -0.377 e. The number of nitrogens with one attached hydrogen (secondary N) is 2. The Balaban J connectivity index is 1.50. The summed E-state index contributed by atoms with van der Waals surface area (Å²) in [4.78, 5) is 12.5. The largest absolute Gasteiger partial charge is 0.377 e. The molecule has 0 radical (unpaired) electrons. The zero-order valence-electron chi connectivity index (χ0n) is 19.1. The Morgan fingerprint density at radius 2 is 1.65 bits per heavy atom.